The fourth-order valence-electron chi connectivity index (χ4n) is 2.45. The molecule has 2 amide bonds. The number of nitrogens with zero attached hydrogens (tertiary/aromatic N) is 1. The van der Waals surface area contributed by atoms with Crippen molar-refractivity contribution in [2.45, 2.75) is 6.10 Å². The van der Waals surface area contributed by atoms with Crippen LogP contribution in [0.1, 0.15) is 11.7 Å². The van der Waals surface area contributed by atoms with Crippen molar-refractivity contribution in [1.29, 1.82) is 0 Å². The van der Waals surface area contributed by atoms with Crippen LogP contribution < -0.4 is 10.6 Å². The van der Waals surface area contributed by atoms with E-state index in [0.717, 1.165) is 16.7 Å². The Balaban J connectivity index is 1.53. The Labute approximate surface area is 146 Å². The maximum atomic E-state index is 12.0. The van der Waals surface area contributed by atoms with Crippen LogP contribution in [0.4, 0.5) is 10.5 Å². The molecular weight excluding hydrogens is 314 g/mol. The summed E-state index contributed by atoms with van der Waals surface area (Å²) in [5.41, 5.74) is 3.57. The number of carbonyl (C=O) groups is 1. The number of aliphatic hydroxyl groups excluding tert-OH is 1. The third kappa shape index (κ3) is 4.65. The summed E-state index contributed by atoms with van der Waals surface area (Å²) in [4.78, 5) is 16.0. The molecule has 5 nitrogen and oxygen atoms in total. The molecule has 0 spiro atoms. The van der Waals surface area contributed by atoms with Crippen LogP contribution in [0.5, 0.6) is 0 Å². The number of aromatic nitrogens is 1. The summed E-state index contributed by atoms with van der Waals surface area (Å²) in [5.74, 6) is 0. The highest BCUT2D eigenvalue weighted by Crippen LogP contribution is 2.20. The van der Waals surface area contributed by atoms with Crippen LogP contribution in [-0.2, 0) is 0 Å². The monoisotopic (exact) mass is 333 g/mol. The van der Waals surface area contributed by atoms with Crippen LogP contribution >= 0.6 is 0 Å². The molecule has 0 aliphatic rings. The molecule has 0 saturated heterocycles. The molecule has 3 aromatic rings. The van der Waals surface area contributed by atoms with Gasteiger partial charge in [-0.25, -0.2) is 4.79 Å². The molecule has 0 radical (unpaired) electrons. The summed E-state index contributed by atoms with van der Waals surface area (Å²) in [7, 11) is 0. The van der Waals surface area contributed by atoms with E-state index >= 15 is 0 Å². The fraction of sp³-hybridized carbons (Fsp3) is 0.100. The highest BCUT2D eigenvalue weighted by atomic mass is 16.3. The molecule has 0 aliphatic carbocycles. The van der Waals surface area contributed by atoms with Crippen LogP contribution in [0.15, 0.2) is 79.1 Å². The number of aliphatic hydroxyl groups is 1. The molecule has 3 rings (SSSR count). The van der Waals surface area contributed by atoms with Crippen molar-refractivity contribution in [2.75, 3.05) is 11.9 Å². The van der Waals surface area contributed by atoms with Gasteiger partial charge in [0.2, 0.25) is 0 Å². The lowest BCUT2D eigenvalue weighted by atomic mass is 10.1. The fourth-order valence-corrected chi connectivity index (χ4v) is 2.45. The summed E-state index contributed by atoms with van der Waals surface area (Å²) in [5, 5.41) is 15.5. The average Bonchev–Trinajstić information content (AvgIpc) is 2.68. The zero-order valence-electron chi connectivity index (χ0n) is 13.6. The third-order valence-electron chi connectivity index (χ3n) is 3.80. The lowest BCUT2D eigenvalue weighted by Gasteiger charge is -2.13. The van der Waals surface area contributed by atoms with Gasteiger partial charge in [-0.15, -0.1) is 0 Å². The van der Waals surface area contributed by atoms with E-state index in [1.165, 1.54) is 0 Å². The number of amides is 2. The van der Waals surface area contributed by atoms with Crippen LogP contribution in [-0.4, -0.2) is 22.7 Å². The second-order valence-electron chi connectivity index (χ2n) is 5.57. The van der Waals surface area contributed by atoms with Gasteiger partial charge in [0, 0.05) is 24.6 Å². The molecule has 0 bridgehead atoms. The minimum absolute atomic E-state index is 0.144. The van der Waals surface area contributed by atoms with Crippen LogP contribution in [0.25, 0.3) is 11.1 Å². The van der Waals surface area contributed by atoms with Crippen molar-refractivity contribution in [3.8, 4) is 11.1 Å². The van der Waals surface area contributed by atoms with Crippen molar-refractivity contribution >= 4 is 11.7 Å². The SMILES string of the molecule is O=C(NCC(O)c1ccccc1)Nc1ccc(-c2ccncc2)cc1. The molecule has 126 valence electrons. The molecule has 5 heteroatoms. The number of pyridine rings is 1. The number of hydrogen-bond donors (Lipinski definition) is 3. The molecule has 0 fully saturated rings. The Morgan fingerprint density at radius 1 is 0.920 bits per heavy atom. The Kier molecular flexibility index (Phi) is 5.39. The van der Waals surface area contributed by atoms with Gasteiger partial charge in [0.1, 0.15) is 0 Å². The molecule has 1 aromatic heterocycles. The number of carbonyl (C=O) groups excluding carboxylic acids is 1. The van der Waals surface area contributed by atoms with E-state index in [9.17, 15) is 9.90 Å². The Morgan fingerprint density at radius 3 is 2.24 bits per heavy atom. The van der Waals surface area contributed by atoms with Gasteiger partial charge in [0.25, 0.3) is 0 Å². The summed E-state index contributed by atoms with van der Waals surface area (Å²) < 4.78 is 0. The maximum Gasteiger partial charge on any atom is 0.319 e. The summed E-state index contributed by atoms with van der Waals surface area (Å²) in [6.07, 6.45) is 2.75. The Hall–Kier alpha value is -3.18. The number of benzene rings is 2. The molecule has 3 N–H and O–H groups in total. The zero-order chi connectivity index (χ0) is 17.5. The minimum Gasteiger partial charge on any atom is -0.387 e. The first-order chi connectivity index (χ1) is 12.2. The summed E-state index contributed by atoms with van der Waals surface area (Å²) >= 11 is 0. The van der Waals surface area contributed by atoms with Crippen molar-refractivity contribution in [2.24, 2.45) is 0 Å². The smallest absolute Gasteiger partial charge is 0.319 e. The van der Waals surface area contributed by atoms with Gasteiger partial charge in [-0.05, 0) is 41.0 Å². The first-order valence-corrected chi connectivity index (χ1v) is 8.01. The third-order valence-corrected chi connectivity index (χ3v) is 3.80. The van der Waals surface area contributed by atoms with E-state index in [4.69, 9.17) is 0 Å². The largest absolute Gasteiger partial charge is 0.387 e. The van der Waals surface area contributed by atoms with E-state index in [2.05, 4.69) is 15.6 Å². The predicted octanol–water partition coefficient (Wildman–Crippen LogP) is 3.60. The van der Waals surface area contributed by atoms with Crippen molar-refractivity contribution in [3.63, 3.8) is 0 Å². The molecule has 1 atom stereocenters. The molecule has 0 saturated carbocycles. The molecule has 1 heterocycles. The quantitative estimate of drug-likeness (QED) is 0.668. The Bertz CT molecular complexity index is 805. The second-order valence-corrected chi connectivity index (χ2v) is 5.57. The second kappa shape index (κ2) is 8.08. The highest BCUT2D eigenvalue weighted by Gasteiger charge is 2.09. The van der Waals surface area contributed by atoms with Gasteiger partial charge in [-0.2, -0.15) is 0 Å². The number of hydrogen-bond acceptors (Lipinski definition) is 3. The van der Waals surface area contributed by atoms with Gasteiger partial charge < -0.3 is 15.7 Å². The van der Waals surface area contributed by atoms with Crippen LogP contribution in [0.2, 0.25) is 0 Å². The topological polar surface area (TPSA) is 74.2 Å². The molecule has 1 unspecified atom stereocenters. The van der Waals surface area contributed by atoms with Crippen LogP contribution in [0.3, 0.4) is 0 Å². The van der Waals surface area contributed by atoms with Gasteiger partial charge in [-0.1, -0.05) is 42.5 Å². The van der Waals surface area contributed by atoms with Gasteiger partial charge >= 0.3 is 6.03 Å². The predicted molar refractivity (Wildman–Crippen MR) is 98.1 cm³/mol. The van der Waals surface area contributed by atoms with E-state index in [0.29, 0.717) is 5.69 Å². The maximum absolute atomic E-state index is 12.0. The molecule has 0 aliphatic heterocycles. The summed E-state index contributed by atoms with van der Waals surface area (Å²) in [6.45, 7) is 0.144. The number of anilines is 1. The molecular formula is C20H19N3O2. The van der Waals surface area contributed by atoms with E-state index in [1.54, 1.807) is 12.4 Å². The van der Waals surface area contributed by atoms with Crippen molar-refractivity contribution < 1.29 is 9.90 Å². The van der Waals surface area contributed by atoms with E-state index in [1.807, 2.05) is 66.7 Å². The minimum atomic E-state index is -0.735. The van der Waals surface area contributed by atoms with E-state index in [-0.39, 0.29) is 12.6 Å². The standard InChI is InChI=1S/C20H19N3O2/c24-19(17-4-2-1-3-5-17)14-22-20(25)23-18-8-6-15(7-9-18)16-10-12-21-13-11-16/h1-13,19,24H,14H2,(H2,22,23,25). The van der Waals surface area contributed by atoms with E-state index < -0.39 is 6.10 Å². The number of urea groups is 1. The van der Waals surface area contributed by atoms with Gasteiger partial charge in [0.05, 0.1) is 6.10 Å². The Morgan fingerprint density at radius 2 is 1.56 bits per heavy atom. The number of nitrogens with one attached hydrogen (secondary N) is 2. The highest BCUT2D eigenvalue weighted by molar-refractivity contribution is 5.89. The first kappa shape index (κ1) is 16.7. The normalized spacial score (nSPS) is 11.6. The average molecular weight is 333 g/mol. The van der Waals surface area contributed by atoms with Crippen molar-refractivity contribution in [3.05, 3.63) is 84.7 Å². The van der Waals surface area contributed by atoms with Gasteiger partial charge in [-0.3, -0.25) is 4.98 Å². The van der Waals surface area contributed by atoms with Crippen LogP contribution in [0, 0.1) is 0 Å². The zero-order valence-corrected chi connectivity index (χ0v) is 13.6. The molecule has 25 heavy (non-hydrogen) atoms. The molecule has 2 aromatic carbocycles. The lowest BCUT2D eigenvalue weighted by molar-refractivity contribution is 0.175. The lowest BCUT2D eigenvalue weighted by Crippen LogP contribution is -2.32. The van der Waals surface area contributed by atoms with Crippen molar-refractivity contribution in [1.82, 2.24) is 10.3 Å². The number of rotatable bonds is 5. The first-order valence-electron chi connectivity index (χ1n) is 8.01. The summed E-state index contributed by atoms with van der Waals surface area (Å²) in [6, 6.07) is 20.3. The van der Waals surface area contributed by atoms with Gasteiger partial charge in [0.15, 0.2) is 0 Å².